The maximum absolute atomic E-state index is 6.20. The lowest BCUT2D eigenvalue weighted by Crippen LogP contribution is -2.32. The van der Waals surface area contributed by atoms with Gasteiger partial charge in [0.05, 0.1) is 6.61 Å². The molecule has 0 amide bonds. The number of hydrogen-bond acceptors (Lipinski definition) is 3. The van der Waals surface area contributed by atoms with Gasteiger partial charge in [0.1, 0.15) is 5.75 Å². The number of methoxy groups -OCH3 is 1. The molecular weight excluding hydrogens is 190 g/mol. The standard InChI is InChI=1S/C12H17NO2/c1-14-7-6-9-8-15-11-5-3-2-4-10(11)12(9)13/h2-5,9,12H,6-8,13H2,1H3/t9-,12+/m1/s1. The van der Waals surface area contributed by atoms with Gasteiger partial charge in [0.15, 0.2) is 0 Å². The van der Waals surface area contributed by atoms with Crippen molar-refractivity contribution < 1.29 is 9.47 Å². The predicted octanol–water partition coefficient (Wildman–Crippen LogP) is 1.73. The molecule has 2 N–H and O–H groups in total. The minimum absolute atomic E-state index is 0.0742. The fraction of sp³-hybridized carbons (Fsp3) is 0.500. The molecule has 0 fully saturated rings. The van der Waals surface area contributed by atoms with E-state index in [1.165, 1.54) is 0 Å². The van der Waals surface area contributed by atoms with E-state index in [2.05, 4.69) is 0 Å². The van der Waals surface area contributed by atoms with Crippen LogP contribution in [0.5, 0.6) is 5.75 Å². The highest BCUT2D eigenvalue weighted by Gasteiger charge is 2.27. The Bertz CT molecular complexity index is 327. The third-order valence-electron chi connectivity index (χ3n) is 2.93. The molecule has 3 nitrogen and oxygen atoms in total. The Hall–Kier alpha value is -1.06. The quantitative estimate of drug-likeness (QED) is 0.821. The number of rotatable bonds is 3. The molecule has 0 bridgehead atoms. The van der Waals surface area contributed by atoms with Crippen molar-refractivity contribution in [1.82, 2.24) is 0 Å². The highest BCUT2D eigenvalue weighted by molar-refractivity contribution is 5.37. The van der Waals surface area contributed by atoms with Crippen LogP contribution in [0.15, 0.2) is 24.3 Å². The minimum atomic E-state index is 0.0742. The molecule has 1 aromatic rings. The first kappa shape index (κ1) is 10.5. The van der Waals surface area contributed by atoms with Crippen molar-refractivity contribution in [2.45, 2.75) is 12.5 Å². The monoisotopic (exact) mass is 207 g/mol. The summed E-state index contributed by atoms with van der Waals surface area (Å²) in [6.07, 6.45) is 0.950. The van der Waals surface area contributed by atoms with Crippen molar-refractivity contribution in [2.75, 3.05) is 20.3 Å². The lowest BCUT2D eigenvalue weighted by Gasteiger charge is -2.30. The summed E-state index contributed by atoms with van der Waals surface area (Å²) in [5.41, 5.74) is 7.31. The summed E-state index contributed by atoms with van der Waals surface area (Å²) in [5, 5.41) is 0. The van der Waals surface area contributed by atoms with Crippen molar-refractivity contribution in [2.24, 2.45) is 11.7 Å². The second kappa shape index (κ2) is 4.64. The minimum Gasteiger partial charge on any atom is -0.493 e. The Kier molecular flexibility index (Phi) is 3.23. The Morgan fingerprint density at radius 3 is 3.07 bits per heavy atom. The van der Waals surface area contributed by atoms with Gasteiger partial charge in [-0.25, -0.2) is 0 Å². The SMILES string of the molecule is COCC[C@@H]1COc2ccccc2[C@H]1N. The second-order valence-corrected chi connectivity index (χ2v) is 3.92. The third-order valence-corrected chi connectivity index (χ3v) is 2.93. The van der Waals surface area contributed by atoms with E-state index < -0.39 is 0 Å². The summed E-state index contributed by atoms with van der Waals surface area (Å²) in [7, 11) is 1.71. The van der Waals surface area contributed by atoms with Crippen LogP contribution in [0.3, 0.4) is 0 Å². The lowest BCUT2D eigenvalue weighted by atomic mass is 9.89. The zero-order valence-corrected chi connectivity index (χ0v) is 8.98. The second-order valence-electron chi connectivity index (χ2n) is 3.92. The van der Waals surface area contributed by atoms with E-state index in [9.17, 15) is 0 Å². The Morgan fingerprint density at radius 2 is 2.27 bits per heavy atom. The first-order chi connectivity index (χ1) is 7.33. The number of ether oxygens (including phenoxy) is 2. The first-order valence-electron chi connectivity index (χ1n) is 5.29. The summed E-state index contributed by atoms with van der Waals surface area (Å²) in [6.45, 7) is 1.44. The van der Waals surface area contributed by atoms with Crippen molar-refractivity contribution in [3.8, 4) is 5.75 Å². The molecule has 1 aromatic carbocycles. The lowest BCUT2D eigenvalue weighted by molar-refractivity contribution is 0.131. The highest BCUT2D eigenvalue weighted by atomic mass is 16.5. The summed E-state index contributed by atoms with van der Waals surface area (Å²) in [5.74, 6) is 1.29. The molecule has 0 spiro atoms. The molecule has 1 aliphatic rings. The number of para-hydroxylation sites is 1. The normalized spacial score (nSPS) is 24.4. The van der Waals surface area contributed by atoms with Crippen molar-refractivity contribution >= 4 is 0 Å². The van der Waals surface area contributed by atoms with Crippen molar-refractivity contribution in [1.29, 1.82) is 0 Å². The van der Waals surface area contributed by atoms with Gasteiger partial charge >= 0.3 is 0 Å². The van der Waals surface area contributed by atoms with E-state index in [1.54, 1.807) is 7.11 Å². The van der Waals surface area contributed by atoms with Crippen LogP contribution < -0.4 is 10.5 Å². The van der Waals surface area contributed by atoms with Gasteiger partial charge in [0.25, 0.3) is 0 Å². The molecular formula is C12H17NO2. The van der Waals surface area contributed by atoms with E-state index in [4.69, 9.17) is 15.2 Å². The number of hydrogen-bond donors (Lipinski definition) is 1. The largest absolute Gasteiger partial charge is 0.493 e. The molecule has 0 radical (unpaired) electrons. The Balaban J connectivity index is 2.11. The molecule has 82 valence electrons. The molecule has 15 heavy (non-hydrogen) atoms. The van der Waals surface area contributed by atoms with Gasteiger partial charge in [-0.05, 0) is 12.5 Å². The molecule has 1 heterocycles. The Morgan fingerprint density at radius 1 is 1.47 bits per heavy atom. The molecule has 0 saturated carbocycles. The van der Waals surface area contributed by atoms with Gasteiger partial charge in [-0.1, -0.05) is 18.2 Å². The molecule has 2 atom stereocenters. The first-order valence-corrected chi connectivity index (χ1v) is 5.29. The van der Waals surface area contributed by atoms with E-state index in [0.717, 1.165) is 24.3 Å². The van der Waals surface area contributed by atoms with Crippen LogP contribution in [0.4, 0.5) is 0 Å². The topological polar surface area (TPSA) is 44.5 Å². The number of nitrogens with two attached hydrogens (primary N) is 1. The highest BCUT2D eigenvalue weighted by Crippen LogP contribution is 2.34. The maximum atomic E-state index is 6.20. The Labute approximate surface area is 90.2 Å². The van der Waals surface area contributed by atoms with Gasteiger partial charge in [0.2, 0.25) is 0 Å². The van der Waals surface area contributed by atoms with E-state index in [0.29, 0.717) is 12.5 Å². The zero-order chi connectivity index (χ0) is 10.7. The fourth-order valence-electron chi connectivity index (χ4n) is 1.97. The van der Waals surface area contributed by atoms with Gasteiger partial charge in [-0.3, -0.25) is 0 Å². The summed E-state index contributed by atoms with van der Waals surface area (Å²) in [4.78, 5) is 0. The van der Waals surface area contributed by atoms with Gasteiger partial charge in [0, 0.05) is 31.2 Å². The molecule has 2 rings (SSSR count). The van der Waals surface area contributed by atoms with E-state index in [-0.39, 0.29) is 6.04 Å². The van der Waals surface area contributed by atoms with Crippen LogP contribution in [0.1, 0.15) is 18.0 Å². The van der Waals surface area contributed by atoms with Crippen LogP contribution in [0.2, 0.25) is 0 Å². The smallest absolute Gasteiger partial charge is 0.124 e. The van der Waals surface area contributed by atoms with Crippen LogP contribution in [0.25, 0.3) is 0 Å². The van der Waals surface area contributed by atoms with Gasteiger partial charge in [-0.15, -0.1) is 0 Å². The van der Waals surface area contributed by atoms with Crippen LogP contribution in [0, 0.1) is 5.92 Å². The van der Waals surface area contributed by atoms with E-state index in [1.807, 2.05) is 24.3 Å². The number of fused-ring (bicyclic) bond motifs is 1. The number of benzene rings is 1. The molecule has 0 unspecified atom stereocenters. The molecule has 0 aromatic heterocycles. The summed E-state index contributed by atoms with van der Waals surface area (Å²) in [6, 6.07) is 8.06. The fourth-order valence-corrected chi connectivity index (χ4v) is 1.97. The predicted molar refractivity (Wildman–Crippen MR) is 58.8 cm³/mol. The summed E-state index contributed by atoms with van der Waals surface area (Å²) >= 11 is 0. The van der Waals surface area contributed by atoms with Gasteiger partial charge in [-0.2, -0.15) is 0 Å². The molecule has 1 aliphatic heterocycles. The van der Waals surface area contributed by atoms with Crippen molar-refractivity contribution in [3.05, 3.63) is 29.8 Å². The van der Waals surface area contributed by atoms with Crippen LogP contribution >= 0.6 is 0 Å². The van der Waals surface area contributed by atoms with Crippen molar-refractivity contribution in [3.63, 3.8) is 0 Å². The molecule has 0 saturated heterocycles. The van der Waals surface area contributed by atoms with Crippen LogP contribution in [-0.4, -0.2) is 20.3 Å². The molecule has 0 aliphatic carbocycles. The average molecular weight is 207 g/mol. The zero-order valence-electron chi connectivity index (χ0n) is 8.98. The van der Waals surface area contributed by atoms with Gasteiger partial charge < -0.3 is 15.2 Å². The average Bonchev–Trinajstić information content (AvgIpc) is 2.29. The molecule has 3 heteroatoms. The third kappa shape index (κ3) is 2.13. The van der Waals surface area contributed by atoms with E-state index >= 15 is 0 Å². The summed E-state index contributed by atoms with van der Waals surface area (Å²) < 4.78 is 10.7. The maximum Gasteiger partial charge on any atom is 0.124 e. The van der Waals surface area contributed by atoms with Crippen LogP contribution in [-0.2, 0) is 4.74 Å².